The van der Waals surface area contributed by atoms with E-state index in [4.69, 9.17) is 0 Å². The molecule has 2 aromatic rings. The first-order chi connectivity index (χ1) is 8.72. The van der Waals surface area contributed by atoms with E-state index in [1.165, 1.54) is 28.3 Å². The highest BCUT2D eigenvalue weighted by atomic mass is 15.1. The minimum absolute atomic E-state index is 0.348. The molecule has 5 rings (SSSR count). The van der Waals surface area contributed by atoms with E-state index < -0.39 is 0 Å². The molecule has 2 atom stereocenters. The Morgan fingerprint density at radius 1 is 1.11 bits per heavy atom. The van der Waals surface area contributed by atoms with Crippen molar-refractivity contribution < 1.29 is 0 Å². The fraction of sp³-hybridized carbons (Fsp3) is 0.294. The van der Waals surface area contributed by atoms with Gasteiger partial charge in [0.15, 0.2) is 0 Å². The van der Waals surface area contributed by atoms with Gasteiger partial charge >= 0.3 is 0 Å². The lowest BCUT2D eigenvalue weighted by Gasteiger charge is -2.50. The molecule has 1 nitrogen and oxygen atoms in total. The van der Waals surface area contributed by atoms with Crippen molar-refractivity contribution in [2.24, 2.45) is 0 Å². The summed E-state index contributed by atoms with van der Waals surface area (Å²) < 4.78 is 0. The first-order valence-electron chi connectivity index (χ1n) is 6.69. The van der Waals surface area contributed by atoms with Gasteiger partial charge in [-0.05, 0) is 47.7 Å². The monoisotopic (exact) mass is 235 g/mol. The van der Waals surface area contributed by atoms with Crippen LogP contribution in [-0.4, -0.2) is 11.6 Å². The first kappa shape index (κ1) is 10.3. The molecule has 1 N–H and O–H groups in total. The Kier molecular flexibility index (Phi) is 1.98. The van der Waals surface area contributed by atoms with Crippen molar-refractivity contribution in [3.8, 4) is 0 Å². The summed E-state index contributed by atoms with van der Waals surface area (Å²) in [7, 11) is 0. The summed E-state index contributed by atoms with van der Waals surface area (Å²) in [4.78, 5) is 0. The van der Waals surface area contributed by atoms with Gasteiger partial charge in [-0.25, -0.2) is 0 Å². The molecule has 2 aromatic carbocycles. The molecule has 0 aromatic heterocycles. The second kappa shape index (κ2) is 3.46. The molecular formula is C17H17N. The molecule has 1 heteroatoms. The van der Waals surface area contributed by atoms with Crippen molar-refractivity contribution in [2.45, 2.75) is 31.3 Å². The van der Waals surface area contributed by atoms with Crippen LogP contribution in [0.25, 0.3) is 16.3 Å². The van der Waals surface area contributed by atoms with E-state index in [0.29, 0.717) is 11.6 Å². The molecule has 2 aliphatic heterocycles. The van der Waals surface area contributed by atoms with E-state index in [-0.39, 0.29) is 0 Å². The summed E-state index contributed by atoms with van der Waals surface area (Å²) in [6.45, 7) is 2.33. The molecule has 0 saturated carbocycles. The van der Waals surface area contributed by atoms with Crippen LogP contribution in [0.5, 0.6) is 0 Å². The van der Waals surface area contributed by atoms with Gasteiger partial charge in [0, 0.05) is 11.6 Å². The third-order valence-electron chi connectivity index (χ3n) is 4.31. The van der Waals surface area contributed by atoms with Crippen LogP contribution >= 0.6 is 0 Å². The van der Waals surface area contributed by atoms with Gasteiger partial charge in [-0.1, -0.05) is 42.5 Å². The highest BCUT2D eigenvalue weighted by molar-refractivity contribution is 5.86. The highest BCUT2D eigenvalue weighted by Gasteiger charge is 2.42. The molecule has 2 bridgehead atoms. The van der Waals surface area contributed by atoms with Crippen LogP contribution in [-0.2, 0) is 0 Å². The quantitative estimate of drug-likeness (QED) is 0.793. The van der Waals surface area contributed by atoms with Crippen molar-refractivity contribution in [2.75, 3.05) is 0 Å². The van der Waals surface area contributed by atoms with E-state index in [0.717, 1.165) is 6.42 Å². The van der Waals surface area contributed by atoms with Crippen molar-refractivity contribution >= 4 is 16.3 Å². The van der Waals surface area contributed by atoms with Gasteiger partial charge in [0.1, 0.15) is 0 Å². The van der Waals surface area contributed by atoms with Crippen molar-refractivity contribution in [1.82, 2.24) is 5.32 Å². The first-order valence-corrected chi connectivity index (χ1v) is 6.69. The van der Waals surface area contributed by atoms with Crippen LogP contribution in [0.15, 0.2) is 48.5 Å². The predicted octanol–water partition coefficient (Wildman–Crippen LogP) is 3.75. The van der Waals surface area contributed by atoms with Crippen LogP contribution in [0, 0.1) is 0 Å². The zero-order valence-corrected chi connectivity index (χ0v) is 10.6. The number of fused-ring (bicyclic) bond motifs is 2. The Hall–Kier alpha value is -1.60. The average molecular weight is 235 g/mol. The minimum Gasteiger partial charge on any atom is -0.305 e. The van der Waals surface area contributed by atoms with Crippen molar-refractivity contribution in [3.05, 3.63) is 54.1 Å². The van der Waals surface area contributed by atoms with E-state index >= 15 is 0 Å². The molecule has 0 spiro atoms. The number of nitrogens with one attached hydrogen (secondary N) is 1. The summed E-state index contributed by atoms with van der Waals surface area (Å²) in [6.07, 6.45) is 4.86. The molecule has 90 valence electrons. The smallest absolute Gasteiger partial charge is 0.0278 e. The topological polar surface area (TPSA) is 12.0 Å². The zero-order valence-electron chi connectivity index (χ0n) is 10.6. The third-order valence-corrected chi connectivity index (χ3v) is 4.31. The summed E-state index contributed by atoms with van der Waals surface area (Å²) >= 11 is 0. The van der Waals surface area contributed by atoms with Gasteiger partial charge < -0.3 is 5.32 Å². The summed E-state index contributed by atoms with van der Waals surface area (Å²) in [6, 6.07) is 16.0. The van der Waals surface area contributed by atoms with Gasteiger partial charge in [0.05, 0.1) is 0 Å². The minimum atomic E-state index is 0.348. The number of benzene rings is 2. The molecular weight excluding hydrogens is 218 g/mol. The lowest BCUT2D eigenvalue weighted by atomic mass is 9.71. The van der Waals surface area contributed by atoms with Crippen LogP contribution in [0.4, 0.5) is 0 Å². The summed E-state index contributed by atoms with van der Waals surface area (Å²) in [5.74, 6) is 0. The third kappa shape index (κ3) is 1.51. The van der Waals surface area contributed by atoms with Crippen molar-refractivity contribution in [3.63, 3.8) is 0 Å². The van der Waals surface area contributed by atoms with Gasteiger partial charge in [-0.3, -0.25) is 0 Å². The fourth-order valence-electron chi connectivity index (χ4n) is 3.45. The Balaban J connectivity index is 1.79. The Bertz CT molecular complexity index is 647. The van der Waals surface area contributed by atoms with E-state index in [1.54, 1.807) is 0 Å². The van der Waals surface area contributed by atoms with Gasteiger partial charge in [0.25, 0.3) is 0 Å². The van der Waals surface area contributed by atoms with Crippen molar-refractivity contribution in [1.29, 1.82) is 0 Å². The van der Waals surface area contributed by atoms with E-state index in [2.05, 4.69) is 60.8 Å². The molecule has 2 heterocycles. The maximum Gasteiger partial charge on any atom is 0.0278 e. The zero-order chi connectivity index (χ0) is 12.2. The second-order valence-corrected chi connectivity index (χ2v) is 5.95. The number of hydrogen-bond acceptors (Lipinski definition) is 1. The Morgan fingerprint density at radius 3 is 2.67 bits per heavy atom. The second-order valence-electron chi connectivity index (χ2n) is 5.95. The average Bonchev–Trinajstić information content (AvgIpc) is 2.37. The maximum atomic E-state index is 3.62. The summed E-state index contributed by atoms with van der Waals surface area (Å²) in [5, 5.41) is 6.28. The lowest BCUT2D eigenvalue weighted by Crippen LogP contribution is -2.63. The molecule has 0 radical (unpaired) electrons. The SMILES string of the molecule is CC12CC(c3ccc4ccccc4c3)=CC(C1)N2. The van der Waals surface area contributed by atoms with Crippen LogP contribution in [0.1, 0.15) is 25.3 Å². The molecule has 1 fully saturated rings. The number of hydrogen-bond donors (Lipinski definition) is 1. The van der Waals surface area contributed by atoms with Gasteiger partial charge in [-0.2, -0.15) is 0 Å². The number of rotatable bonds is 1. The molecule has 0 amide bonds. The van der Waals surface area contributed by atoms with Crippen LogP contribution in [0.3, 0.4) is 0 Å². The predicted molar refractivity (Wildman–Crippen MR) is 76.5 cm³/mol. The van der Waals surface area contributed by atoms with Gasteiger partial charge in [0.2, 0.25) is 0 Å². The normalized spacial score (nSPS) is 29.8. The molecule has 3 aliphatic rings. The molecule has 2 unspecified atom stereocenters. The summed E-state index contributed by atoms with van der Waals surface area (Å²) in [5.41, 5.74) is 3.25. The molecule has 1 saturated heterocycles. The highest BCUT2D eigenvalue weighted by Crippen LogP contribution is 2.41. The molecule has 1 aliphatic carbocycles. The Morgan fingerprint density at radius 2 is 1.89 bits per heavy atom. The lowest BCUT2D eigenvalue weighted by molar-refractivity contribution is 0.179. The van der Waals surface area contributed by atoms with Crippen LogP contribution in [0.2, 0.25) is 0 Å². The molecule has 18 heavy (non-hydrogen) atoms. The Labute approximate surface area is 108 Å². The largest absolute Gasteiger partial charge is 0.305 e. The maximum absolute atomic E-state index is 3.62. The standard InChI is InChI=1S/C17H17N/c1-17-10-15(9-16(11-17)18-17)14-7-6-12-4-2-3-5-13(12)8-14/h2-9,16,18H,10-11H2,1H3. The fourth-order valence-corrected chi connectivity index (χ4v) is 3.45. The van der Waals surface area contributed by atoms with E-state index in [1.807, 2.05) is 0 Å². The van der Waals surface area contributed by atoms with Crippen LogP contribution < -0.4 is 5.32 Å². The van der Waals surface area contributed by atoms with E-state index in [9.17, 15) is 0 Å². The van der Waals surface area contributed by atoms with Gasteiger partial charge in [-0.15, -0.1) is 0 Å².